The lowest BCUT2D eigenvalue weighted by atomic mass is 10.0. The van der Waals surface area contributed by atoms with E-state index in [2.05, 4.69) is 15.9 Å². The van der Waals surface area contributed by atoms with E-state index in [1.54, 1.807) is 0 Å². The fraction of sp³-hybridized carbons (Fsp3) is 0.692. The van der Waals surface area contributed by atoms with E-state index in [9.17, 15) is 14.1 Å². The number of hydrogen-bond donors (Lipinski definition) is 1. The molecule has 3 atom stereocenters. The molecule has 1 saturated heterocycles. The third-order valence-corrected chi connectivity index (χ3v) is 5.64. The van der Waals surface area contributed by atoms with E-state index in [0.29, 0.717) is 23.9 Å². The Morgan fingerprint density at radius 1 is 1.59 bits per heavy atom. The highest BCUT2D eigenvalue weighted by atomic mass is 79.9. The van der Waals surface area contributed by atoms with E-state index >= 15 is 0 Å². The Morgan fingerprint density at radius 2 is 2.27 bits per heavy atom. The van der Waals surface area contributed by atoms with Gasteiger partial charge in [-0.1, -0.05) is 29.3 Å². The Kier molecular flexibility index (Phi) is 7.67. The molecule has 2 rings (SSSR count). The van der Waals surface area contributed by atoms with Crippen molar-refractivity contribution in [3.05, 3.63) is 11.3 Å². The number of β-lactam (4-membered cyclic amide) rings is 1. The van der Waals surface area contributed by atoms with Crippen LogP contribution in [0.4, 0.5) is 0 Å². The number of rotatable bonds is 6. The van der Waals surface area contributed by atoms with Crippen LogP contribution in [0.5, 0.6) is 0 Å². The Hall–Kier alpha value is -0.280. The molecule has 0 spiro atoms. The summed E-state index contributed by atoms with van der Waals surface area (Å²) in [5.41, 5.74) is 6.65. The summed E-state index contributed by atoms with van der Waals surface area (Å²) in [4.78, 5) is 25.5. The number of carbonyl (C=O) groups excluding carboxylic acids is 2. The SMILES string of the molecule is CCCCOC(=O)C1=C(CCBr)C[S+]([O-])[C@H]2[C@H](N)C(=O)N12.Cl. The van der Waals surface area contributed by atoms with Crippen LogP contribution in [-0.2, 0) is 25.5 Å². The van der Waals surface area contributed by atoms with Gasteiger partial charge in [0, 0.05) is 10.9 Å². The molecule has 2 aliphatic heterocycles. The summed E-state index contributed by atoms with van der Waals surface area (Å²) in [6.45, 7) is 2.32. The molecule has 9 heteroatoms. The molecule has 0 aromatic heterocycles. The topological polar surface area (TPSA) is 95.7 Å². The van der Waals surface area contributed by atoms with Crippen LogP contribution in [0.1, 0.15) is 26.2 Å². The molecule has 0 bridgehead atoms. The molecule has 0 aliphatic carbocycles. The number of unbranched alkanes of at least 4 members (excludes halogenated alkanes) is 1. The third kappa shape index (κ3) is 3.62. The number of esters is 1. The lowest BCUT2D eigenvalue weighted by Gasteiger charge is -2.48. The van der Waals surface area contributed by atoms with Gasteiger partial charge in [-0.2, -0.15) is 0 Å². The zero-order valence-corrected chi connectivity index (χ0v) is 15.5. The number of halogens is 2. The predicted octanol–water partition coefficient (Wildman–Crippen LogP) is 1.05. The first-order valence-electron chi connectivity index (χ1n) is 6.93. The van der Waals surface area contributed by atoms with Gasteiger partial charge in [0.1, 0.15) is 11.4 Å². The number of carbonyl (C=O) groups is 2. The molecule has 0 aromatic rings. The van der Waals surface area contributed by atoms with E-state index < -0.39 is 28.6 Å². The minimum absolute atomic E-state index is 0. The largest absolute Gasteiger partial charge is 0.614 e. The van der Waals surface area contributed by atoms with Crippen molar-refractivity contribution in [1.82, 2.24) is 4.90 Å². The van der Waals surface area contributed by atoms with Crippen molar-refractivity contribution in [2.24, 2.45) is 5.73 Å². The first-order valence-corrected chi connectivity index (χ1v) is 9.44. The Balaban J connectivity index is 0.00000242. The molecular weight excluding hydrogens is 396 g/mol. The summed E-state index contributed by atoms with van der Waals surface area (Å²) in [6.07, 6.45) is 2.24. The molecule has 0 radical (unpaired) electrons. The second-order valence-electron chi connectivity index (χ2n) is 5.03. The Bertz CT molecular complexity index is 477. The maximum absolute atomic E-state index is 12.3. The second-order valence-corrected chi connectivity index (χ2v) is 7.36. The van der Waals surface area contributed by atoms with Crippen LogP contribution in [0, 0.1) is 0 Å². The molecule has 0 saturated carbocycles. The molecule has 1 unspecified atom stereocenters. The molecule has 2 N–H and O–H groups in total. The smallest absolute Gasteiger partial charge is 0.355 e. The lowest BCUT2D eigenvalue weighted by Crippen LogP contribution is -2.73. The molecule has 2 heterocycles. The van der Waals surface area contributed by atoms with Crippen molar-refractivity contribution in [3.8, 4) is 0 Å². The molecule has 126 valence electrons. The number of hydrogen-bond acceptors (Lipinski definition) is 5. The van der Waals surface area contributed by atoms with E-state index in [1.165, 1.54) is 4.90 Å². The zero-order chi connectivity index (χ0) is 15.6. The van der Waals surface area contributed by atoms with Gasteiger partial charge in [0.2, 0.25) is 5.37 Å². The maximum atomic E-state index is 12.3. The van der Waals surface area contributed by atoms with Gasteiger partial charge in [-0.3, -0.25) is 9.69 Å². The van der Waals surface area contributed by atoms with Crippen molar-refractivity contribution in [2.45, 2.75) is 37.6 Å². The van der Waals surface area contributed by atoms with Crippen molar-refractivity contribution in [3.63, 3.8) is 0 Å². The van der Waals surface area contributed by atoms with Crippen LogP contribution in [0.15, 0.2) is 11.3 Å². The minimum Gasteiger partial charge on any atom is -0.614 e. The van der Waals surface area contributed by atoms with Gasteiger partial charge in [-0.15, -0.1) is 12.4 Å². The zero-order valence-electron chi connectivity index (χ0n) is 12.2. The molecule has 6 nitrogen and oxygen atoms in total. The number of amides is 1. The third-order valence-electron chi connectivity index (χ3n) is 3.57. The maximum Gasteiger partial charge on any atom is 0.355 e. The van der Waals surface area contributed by atoms with Gasteiger partial charge in [0.05, 0.1) is 6.61 Å². The average Bonchev–Trinajstić information content (AvgIpc) is 2.46. The number of nitrogens with two attached hydrogens (primary N) is 1. The summed E-state index contributed by atoms with van der Waals surface area (Å²) in [5, 5.41) is 0.0367. The van der Waals surface area contributed by atoms with E-state index in [1.807, 2.05) is 6.92 Å². The van der Waals surface area contributed by atoms with E-state index in [0.717, 1.165) is 12.8 Å². The van der Waals surface area contributed by atoms with E-state index in [4.69, 9.17) is 10.5 Å². The van der Waals surface area contributed by atoms with Crippen molar-refractivity contribution >= 4 is 51.4 Å². The van der Waals surface area contributed by atoms with Gasteiger partial charge < -0.3 is 15.0 Å². The van der Waals surface area contributed by atoms with E-state index in [-0.39, 0.29) is 29.8 Å². The number of ether oxygens (including phenoxy) is 1. The molecule has 22 heavy (non-hydrogen) atoms. The Morgan fingerprint density at radius 3 is 2.86 bits per heavy atom. The first-order chi connectivity index (χ1) is 10.0. The normalized spacial score (nSPS) is 27.0. The number of alkyl halides is 1. The molecule has 1 amide bonds. The summed E-state index contributed by atoms with van der Waals surface area (Å²) < 4.78 is 17.4. The van der Waals surface area contributed by atoms with Crippen LogP contribution in [0.2, 0.25) is 0 Å². The monoisotopic (exact) mass is 414 g/mol. The number of nitrogens with zero attached hydrogens (tertiary/aromatic N) is 1. The van der Waals surface area contributed by atoms with Crippen LogP contribution in [0.3, 0.4) is 0 Å². The molecular formula is C13H20BrClN2O4S. The number of fused-ring (bicyclic) bond motifs is 1. The van der Waals surface area contributed by atoms with Crippen LogP contribution >= 0.6 is 28.3 Å². The highest BCUT2D eigenvalue weighted by molar-refractivity contribution is 9.09. The fourth-order valence-electron chi connectivity index (χ4n) is 2.43. The predicted molar refractivity (Wildman–Crippen MR) is 90.2 cm³/mol. The molecule has 0 aromatic carbocycles. The minimum atomic E-state index is -1.26. The second kappa shape index (κ2) is 8.54. The quantitative estimate of drug-likeness (QED) is 0.230. The van der Waals surface area contributed by atoms with Crippen LogP contribution < -0.4 is 5.73 Å². The van der Waals surface area contributed by atoms with Gasteiger partial charge in [-0.05, 0) is 24.0 Å². The van der Waals surface area contributed by atoms with Crippen LogP contribution in [0.25, 0.3) is 0 Å². The van der Waals surface area contributed by atoms with Gasteiger partial charge >= 0.3 is 5.97 Å². The van der Waals surface area contributed by atoms with Crippen LogP contribution in [-0.4, -0.2) is 50.4 Å². The summed E-state index contributed by atoms with van der Waals surface area (Å²) in [7, 11) is 0. The summed E-state index contributed by atoms with van der Waals surface area (Å²) in [6, 6.07) is -0.783. The molecule has 1 fully saturated rings. The standard InChI is InChI=1S/C13H19BrN2O4S.ClH/c1-2-3-6-20-13(18)10-8(4-5-14)7-21(19)12-9(15)11(17)16(10)12;/h9,12H,2-7,15H2,1H3;1H/t9-,12+,21?;/m1./s1. The van der Waals surface area contributed by atoms with Crippen molar-refractivity contribution < 1.29 is 18.9 Å². The Labute approximate surface area is 147 Å². The average molecular weight is 416 g/mol. The summed E-state index contributed by atoms with van der Waals surface area (Å²) >= 11 is 2.05. The van der Waals surface area contributed by atoms with Crippen molar-refractivity contribution in [2.75, 3.05) is 17.7 Å². The van der Waals surface area contributed by atoms with Gasteiger partial charge in [0.15, 0.2) is 6.04 Å². The highest BCUT2D eigenvalue weighted by Crippen LogP contribution is 2.37. The summed E-state index contributed by atoms with van der Waals surface area (Å²) in [5.74, 6) is -0.602. The lowest BCUT2D eigenvalue weighted by molar-refractivity contribution is -0.151. The molecule has 2 aliphatic rings. The van der Waals surface area contributed by atoms with Crippen molar-refractivity contribution in [1.29, 1.82) is 0 Å². The fourth-order valence-corrected chi connectivity index (χ4v) is 4.59. The van der Waals surface area contributed by atoms with Gasteiger partial charge in [0.25, 0.3) is 5.91 Å². The first kappa shape index (κ1) is 19.8. The van der Waals surface area contributed by atoms with Gasteiger partial charge in [-0.25, -0.2) is 4.79 Å². The highest BCUT2D eigenvalue weighted by Gasteiger charge is 2.58.